The maximum Gasteiger partial charge on any atom is 0.407 e. The molecule has 2 fully saturated rings. The van der Waals surface area contributed by atoms with Gasteiger partial charge < -0.3 is 20.3 Å². The number of nitrogens with zero attached hydrogens (tertiary/aromatic N) is 2. The van der Waals surface area contributed by atoms with Crippen LogP contribution in [0.1, 0.15) is 47.0 Å². The Morgan fingerprint density at radius 1 is 1.24 bits per heavy atom. The van der Waals surface area contributed by atoms with Gasteiger partial charge in [-0.1, -0.05) is 13.8 Å². The quantitative estimate of drug-likeness (QED) is 0.359. The molecule has 1 saturated heterocycles. The summed E-state index contributed by atoms with van der Waals surface area (Å²) < 4.78 is 5.02. The number of ether oxygens (including phenoxy) is 1. The van der Waals surface area contributed by atoms with Gasteiger partial charge in [-0.15, -0.1) is 24.0 Å². The lowest BCUT2D eigenvalue weighted by atomic mass is 9.92. The number of rotatable bonds is 6. The Kier molecular flexibility index (Phi) is 9.89. The van der Waals surface area contributed by atoms with Crippen LogP contribution < -0.4 is 10.6 Å². The number of likely N-dealkylation sites (tertiary alicyclic amines) is 1. The first-order valence-corrected chi connectivity index (χ1v) is 9.50. The fourth-order valence-electron chi connectivity index (χ4n) is 3.58. The Bertz CT molecular complexity index is 433. The van der Waals surface area contributed by atoms with Crippen LogP contribution in [0.4, 0.5) is 4.79 Å². The lowest BCUT2D eigenvalue weighted by Crippen LogP contribution is -2.49. The van der Waals surface area contributed by atoms with Crippen molar-refractivity contribution in [3.05, 3.63) is 0 Å². The second-order valence-electron chi connectivity index (χ2n) is 7.35. The summed E-state index contributed by atoms with van der Waals surface area (Å²) in [7, 11) is 0. The van der Waals surface area contributed by atoms with E-state index in [-0.39, 0.29) is 36.1 Å². The minimum atomic E-state index is -0.324. The van der Waals surface area contributed by atoms with Gasteiger partial charge in [0.05, 0.1) is 19.2 Å². The van der Waals surface area contributed by atoms with E-state index in [2.05, 4.69) is 36.3 Å². The molecular weight excluding hydrogens is 431 g/mol. The third-order valence-corrected chi connectivity index (χ3v) is 4.71. The van der Waals surface area contributed by atoms with Gasteiger partial charge in [0, 0.05) is 19.6 Å². The Hall–Kier alpha value is -0.730. The number of aliphatic imine (C=N–C) groups is 1. The van der Waals surface area contributed by atoms with Crippen molar-refractivity contribution in [1.29, 1.82) is 0 Å². The maximum absolute atomic E-state index is 11.7. The number of nitrogens with one attached hydrogen (secondary N) is 2. The van der Waals surface area contributed by atoms with Gasteiger partial charge in [-0.05, 0) is 50.9 Å². The van der Waals surface area contributed by atoms with Gasteiger partial charge in [0.25, 0.3) is 0 Å². The van der Waals surface area contributed by atoms with Gasteiger partial charge in [-0.2, -0.15) is 0 Å². The van der Waals surface area contributed by atoms with Crippen molar-refractivity contribution in [3.63, 3.8) is 0 Å². The largest absolute Gasteiger partial charge is 0.450 e. The second-order valence-corrected chi connectivity index (χ2v) is 7.35. The minimum absolute atomic E-state index is 0. The highest BCUT2D eigenvalue weighted by molar-refractivity contribution is 14.0. The van der Waals surface area contributed by atoms with Gasteiger partial charge >= 0.3 is 6.09 Å². The lowest BCUT2D eigenvalue weighted by Gasteiger charge is -2.37. The second kappa shape index (κ2) is 11.1. The molecule has 3 unspecified atom stereocenters. The maximum atomic E-state index is 11.7. The van der Waals surface area contributed by atoms with Gasteiger partial charge in [-0.3, -0.25) is 4.99 Å². The van der Waals surface area contributed by atoms with Crippen LogP contribution in [0.25, 0.3) is 0 Å². The van der Waals surface area contributed by atoms with Crippen LogP contribution in [0.15, 0.2) is 4.99 Å². The number of carbonyl (C=O) groups is 1. The topological polar surface area (TPSA) is 66.0 Å². The molecule has 25 heavy (non-hydrogen) atoms. The zero-order chi connectivity index (χ0) is 17.5. The summed E-state index contributed by atoms with van der Waals surface area (Å²) in [4.78, 5) is 18.9. The molecule has 0 aromatic heterocycles. The number of hydrogen-bond donors (Lipinski definition) is 2. The molecule has 0 aromatic carbocycles. The molecule has 3 atom stereocenters. The number of guanidine groups is 1. The zero-order valence-corrected chi connectivity index (χ0v) is 18.4. The molecular formula is C18H35IN4O2. The highest BCUT2D eigenvalue weighted by Crippen LogP contribution is 2.33. The molecule has 0 bridgehead atoms. The molecule has 1 heterocycles. The van der Waals surface area contributed by atoms with E-state index < -0.39 is 0 Å². The van der Waals surface area contributed by atoms with Gasteiger partial charge in [-0.25, -0.2) is 4.79 Å². The summed E-state index contributed by atoms with van der Waals surface area (Å²) in [6.07, 6.45) is 3.29. The molecule has 2 N–H and O–H groups in total. The molecule has 146 valence electrons. The molecule has 1 saturated carbocycles. The fourth-order valence-corrected chi connectivity index (χ4v) is 3.58. The summed E-state index contributed by atoms with van der Waals surface area (Å²) in [5.41, 5.74) is 0. The van der Waals surface area contributed by atoms with Crippen molar-refractivity contribution < 1.29 is 9.53 Å². The standard InChI is InChI=1S/C18H34N4O2.HI/c1-5-19-17(22-11-13(3)9-14(4)12-22)20-10-16(15-7-8-15)21-18(23)24-6-2;/h13-16H,5-12H2,1-4H3,(H,19,20)(H,21,23);1H. The van der Waals surface area contributed by atoms with Crippen molar-refractivity contribution in [2.45, 2.75) is 53.0 Å². The fraction of sp³-hybridized carbons (Fsp3) is 0.889. The Morgan fingerprint density at radius 2 is 1.88 bits per heavy atom. The van der Waals surface area contributed by atoms with E-state index in [0.717, 1.165) is 25.6 Å². The van der Waals surface area contributed by atoms with Crippen LogP contribution in [0, 0.1) is 17.8 Å². The van der Waals surface area contributed by atoms with Crippen LogP contribution >= 0.6 is 24.0 Å². The first-order chi connectivity index (χ1) is 11.5. The average Bonchev–Trinajstić information content (AvgIpc) is 3.34. The third kappa shape index (κ3) is 7.58. The van der Waals surface area contributed by atoms with E-state index in [1.807, 2.05) is 6.92 Å². The predicted molar refractivity (Wildman–Crippen MR) is 113 cm³/mol. The summed E-state index contributed by atoms with van der Waals surface area (Å²) in [5.74, 6) is 2.90. The van der Waals surface area contributed by atoms with Gasteiger partial charge in [0.2, 0.25) is 0 Å². The Balaban J connectivity index is 0.00000312. The van der Waals surface area contributed by atoms with E-state index in [4.69, 9.17) is 9.73 Å². The van der Waals surface area contributed by atoms with Gasteiger partial charge in [0.15, 0.2) is 5.96 Å². The zero-order valence-electron chi connectivity index (χ0n) is 16.1. The third-order valence-electron chi connectivity index (χ3n) is 4.71. The summed E-state index contributed by atoms with van der Waals surface area (Å²) in [6, 6.07) is 0.0809. The number of alkyl carbamates (subject to hydrolysis) is 1. The highest BCUT2D eigenvalue weighted by atomic mass is 127. The molecule has 2 rings (SSSR count). The molecule has 2 aliphatic rings. The SMILES string of the molecule is CCNC(=NCC(NC(=O)OCC)C1CC1)N1CC(C)CC(C)C1.I. The number of piperidine rings is 1. The molecule has 0 spiro atoms. The number of amides is 1. The van der Waals surface area contributed by atoms with Crippen LogP contribution in [-0.4, -0.2) is 55.8 Å². The Morgan fingerprint density at radius 3 is 2.40 bits per heavy atom. The molecule has 0 aromatic rings. The van der Waals surface area contributed by atoms with Crippen LogP contribution in [0.5, 0.6) is 0 Å². The molecule has 1 aliphatic heterocycles. The summed E-state index contributed by atoms with van der Waals surface area (Å²) in [5, 5.41) is 6.40. The van der Waals surface area contributed by atoms with E-state index in [1.54, 1.807) is 0 Å². The summed E-state index contributed by atoms with van der Waals surface area (Å²) >= 11 is 0. The first kappa shape index (κ1) is 22.3. The molecule has 7 heteroatoms. The van der Waals surface area contributed by atoms with E-state index in [9.17, 15) is 4.79 Å². The van der Waals surface area contributed by atoms with Gasteiger partial charge in [0.1, 0.15) is 0 Å². The summed E-state index contributed by atoms with van der Waals surface area (Å²) in [6.45, 7) is 12.5. The normalized spacial score (nSPS) is 25.0. The number of halogens is 1. The van der Waals surface area contributed by atoms with Crippen LogP contribution in [0.2, 0.25) is 0 Å². The van der Waals surface area contributed by atoms with Crippen molar-refractivity contribution in [2.75, 3.05) is 32.8 Å². The van der Waals surface area contributed by atoms with Crippen molar-refractivity contribution >= 4 is 36.0 Å². The van der Waals surface area contributed by atoms with Crippen LogP contribution in [0.3, 0.4) is 0 Å². The molecule has 1 aliphatic carbocycles. The lowest BCUT2D eigenvalue weighted by molar-refractivity contribution is 0.147. The molecule has 6 nitrogen and oxygen atoms in total. The minimum Gasteiger partial charge on any atom is -0.450 e. The number of hydrogen-bond acceptors (Lipinski definition) is 3. The van der Waals surface area contributed by atoms with E-state index in [1.165, 1.54) is 19.3 Å². The van der Waals surface area contributed by atoms with Crippen molar-refractivity contribution in [3.8, 4) is 0 Å². The number of carbonyl (C=O) groups excluding carboxylic acids is 1. The molecule has 1 amide bonds. The first-order valence-electron chi connectivity index (χ1n) is 9.50. The highest BCUT2D eigenvalue weighted by Gasteiger charge is 2.33. The van der Waals surface area contributed by atoms with E-state index >= 15 is 0 Å². The Labute approximate surface area is 169 Å². The predicted octanol–water partition coefficient (Wildman–Crippen LogP) is 3.07. The van der Waals surface area contributed by atoms with Crippen molar-refractivity contribution in [2.24, 2.45) is 22.7 Å². The van der Waals surface area contributed by atoms with Crippen LogP contribution in [-0.2, 0) is 4.74 Å². The molecule has 0 radical (unpaired) electrons. The smallest absolute Gasteiger partial charge is 0.407 e. The van der Waals surface area contributed by atoms with Crippen molar-refractivity contribution in [1.82, 2.24) is 15.5 Å². The van der Waals surface area contributed by atoms with E-state index in [0.29, 0.717) is 30.9 Å². The average molecular weight is 466 g/mol. The monoisotopic (exact) mass is 466 g/mol.